The topological polar surface area (TPSA) is 29.3 Å². The second-order valence-corrected chi connectivity index (χ2v) is 6.82. The van der Waals surface area contributed by atoms with E-state index in [9.17, 15) is 0 Å². The first-order chi connectivity index (χ1) is 8.97. The number of nitrogens with two attached hydrogens (primary N) is 1. The van der Waals surface area contributed by atoms with Crippen molar-refractivity contribution in [3.8, 4) is 0 Å². The number of halogens is 1. The smallest absolute Gasteiger partial charge is 0.106 e. The minimum atomic E-state index is 0.439. The molecule has 2 nitrogen and oxygen atoms in total. The van der Waals surface area contributed by atoms with E-state index in [1.807, 2.05) is 12.1 Å². The van der Waals surface area contributed by atoms with E-state index in [1.54, 1.807) is 11.3 Å². The lowest BCUT2D eigenvalue weighted by Crippen LogP contribution is -2.21. The summed E-state index contributed by atoms with van der Waals surface area (Å²) in [5.74, 6) is 0. The predicted octanol–water partition coefficient (Wildman–Crippen LogP) is 4.09. The number of anilines is 1. The average molecular weight is 355 g/mol. The van der Waals surface area contributed by atoms with E-state index < -0.39 is 0 Å². The molecule has 5 heteroatoms. The molecular formula is C14H15BrN2S2. The molecule has 2 rings (SSSR count). The van der Waals surface area contributed by atoms with Crippen LogP contribution in [-0.4, -0.2) is 12.0 Å². The summed E-state index contributed by atoms with van der Waals surface area (Å²) in [6.07, 6.45) is 0. The SMILES string of the molecule is Cc1ccc(C(N)=S)c(N(C)Cc2cc(Br)cs2)c1. The maximum Gasteiger partial charge on any atom is 0.106 e. The molecule has 0 saturated carbocycles. The summed E-state index contributed by atoms with van der Waals surface area (Å²) in [6.45, 7) is 2.91. The fraction of sp³-hybridized carbons (Fsp3) is 0.214. The molecule has 0 fully saturated rings. The van der Waals surface area contributed by atoms with Gasteiger partial charge >= 0.3 is 0 Å². The summed E-state index contributed by atoms with van der Waals surface area (Å²) in [4.78, 5) is 3.92. The molecule has 0 spiro atoms. The highest BCUT2D eigenvalue weighted by Gasteiger charge is 2.11. The third kappa shape index (κ3) is 3.55. The Morgan fingerprint density at radius 3 is 2.74 bits per heavy atom. The van der Waals surface area contributed by atoms with Crippen LogP contribution in [0.15, 0.2) is 34.1 Å². The fourth-order valence-corrected chi connectivity index (χ4v) is 3.60. The van der Waals surface area contributed by atoms with Gasteiger partial charge in [0.25, 0.3) is 0 Å². The summed E-state index contributed by atoms with van der Waals surface area (Å²) in [7, 11) is 2.06. The van der Waals surface area contributed by atoms with Gasteiger partial charge in [0.2, 0.25) is 0 Å². The van der Waals surface area contributed by atoms with Crippen LogP contribution in [0.5, 0.6) is 0 Å². The summed E-state index contributed by atoms with van der Waals surface area (Å²) in [6, 6.07) is 8.29. The second-order valence-electron chi connectivity index (χ2n) is 4.47. The standard InChI is InChI=1S/C14H15BrN2S2/c1-9-3-4-12(14(16)18)13(5-9)17(2)7-11-6-10(15)8-19-11/h3-6,8H,7H2,1-2H3,(H2,16,18). The average Bonchev–Trinajstić information content (AvgIpc) is 2.74. The van der Waals surface area contributed by atoms with Crippen molar-refractivity contribution in [2.24, 2.45) is 5.73 Å². The van der Waals surface area contributed by atoms with Crippen LogP contribution in [0.1, 0.15) is 16.0 Å². The van der Waals surface area contributed by atoms with E-state index in [0.29, 0.717) is 4.99 Å². The largest absolute Gasteiger partial charge is 0.389 e. The van der Waals surface area contributed by atoms with Crippen molar-refractivity contribution in [2.45, 2.75) is 13.5 Å². The van der Waals surface area contributed by atoms with Crippen LogP contribution in [-0.2, 0) is 6.54 Å². The second kappa shape index (κ2) is 6.03. The predicted molar refractivity (Wildman–Crippen MR) is 91.2 cm³/mol. The lowest BCUT2D eigenvalue weighted by atomic mass is 10.1. The number of thiocarbonyl (C=S) groups is 1. The molecule has 1 aromatic carbocycles. The zero-order chi connectivity index (χ0) is 14.0. The van der Waals surface area contributed by atoms with Crippen molar-refractivity contribution >= 4 is 50.2 Å². The highest BCUT2D eigenvalue weighted by Crippen LogP contribution is 2.26. The summed E-state index contributed by atoms with van der Waals surface area (Å²) in [5.41, 5.74) is 9.01. The Morgan fingerprint density at radius 2 is 2.16 bits per heavy atom. The molecule has 100 valence electrons. The van der Waals surface area contributed by atoms with Crippen molar-refractivity contribution in [3.05, 3.63) is 50.1 Å². The van der Waals surface area contributed by atoms with Gasteiger partial charge in [-0.15, -0.1) is 11.3 Å². The van der Waals surface area contributed by atoms with Gasteiger partial charge in [0.05, 0.1) is 6.54 Å². The molecule has 1 heterocycles. The van der Waals surface area contributed by atoms with Crippen LogP contribution in [0.3, 0.4) is 0 Å². The van der Waals surface area contributed by atoms with Crippen molar-refractivity contribution < 1.29 is 0 Å². The number of rotatable bonds is 4. The molecule has 0 aliphatic heterocycles. The summed E-state index contributed by atoms with van der Waals surface area (Å²) < 4.78 is 1.12. The number of aryl methyl sites for hydroxylation is 1. The van der Waals surface area contributed by atoms with Crippen LogP contribution in [0, 0.1) is 6.92 Å². The van der Waals surface area contributed by atoms with E-state index >= 15 is 0 Å². The van der Waals surface area contributed by atoms with Gasteiger partial charge in [-0.2, -0.15) is 0 Å². The number of hydrogen-bond donors (Lipinski definition) is 1. The highest BCUT2D eigenvalue weighted by atomic mass is 79.9. The number of nitrogens with zero attached hydrogens (tertiary/aromatic N) is 1. The minimum Gasteiger partial charge on any atom is -0.389 e. The van der Waals surface area contributed by atoms with Gasteiger partial charge in [-0.25, -0.2) is 0 Å². The Kier molecular flexibility index (Phi) is 4.60. The van der Waals surface area contributed by atoms with Crippen LogP contribution in [0.2, 0.25) is 0 Å². The van der Waals surface area contributed by atoms with E-state index in [-0.39, 0.29) is 0 Å². The molecule has 0 radical (unpaired) electrons. The number of thiophene rings is 1. The molecule has 2 N–H and O–H groups in total. The molecule has 0 unspecified atom stereocenters. The van der Waals surface area contributed by atoms with Crippen molar-refractivity contribution in [1.82, 2.24) is 0 Å². The van der Waals surface area contributed by atoms with Crippen LogP contribution < -0.4 is 10.6 Å². The Balaban J connectivity index is 2.29. The van der Waals surface area contributed by atoms with Crippen molar-refractivity contribution in [2.75, 3.05) is 11.9 Å². The van der Waals surface area contributed by atoms with Gasteiger partial charge < -0.3 is 10.6 Å². The Hall–Kier alpha value is -0.910. The van der Waals surface area contributed by atoms with Gasteiger partial charge in [-0.05, 0) is 46.6 Å². The number of benzene rings is 1. The molecule has 0 aliphatic carbocycles. The maximum absolute atomic E-state index is 5.80. The summed E-state index contributed by atoms with van der Waals surface area (Å²) in [5, 5.41) is 2.09. The van der Waals surface area contributed by atoms with Crippen LogP contribution in [0.4, 0.5) is 5.69 Å². The molecule has 0 aliphatic rings. The fourth-order valence-electron chi connectivity index (χ4n) is 1.92. The van der Waals surface area contributed by atoms with Crippen molar-refractivity contribution in [3.63, 3.8) is 0 Å². The number of hydrogen-bond acceptors (Lipinski definition) is 3. The molecule has 1 aromatic heterocycles. The van der Waals surface area contributed by atoms with E-state index in [0.717, 1.165) is 22.3 Å². The highest BCUT2D eigenvalue weighted by molar-refractivity contribution is 9.10. The molecule has 0 saturated heterocycles. The van der Waals surface area contributed by atoms with Crippen molar-refractivity contribution in [1.29, 1.82) is 0 Å². The normalized spacial score (nSPS) is 10.5. The monoisotopic (exact) mass is 354 g/mol. The summed E-state index contributed by atoms with van der Waals surface area (Å²) >= 11 is 10.3. The van der Waals surface area contributed by atoms with Gasteiger partial charge in [0.15, 0.2) is 0 Å². The lowest BCUT2D eigenvalue weighted by molar-refractivity contribution is 0.937. The Morgan fingerprint density at radius 1 is 1.42 bits per heavy atom. The van der Waals surface area contributed by atoms with Crippen LogP contribution >= 0.6 is 39.5 Å². The maximum atomic E-state index is 5.80. The van der Waals surface area contributed by atoms with Gasteiger partial charge in [-0.3, -0.25) is 0 Å². The quantitative estimate of drug-likeness (QED) is 0.838. The zero-order valence-electron chi connectivity index (χ0n) is 10.8. The molecule has 2 aromatic rings. The third-order valence-electron chi connectivity index (χ3n) is 2.84. The first-order valence-electron chi connectivity index (χ1n) is 5.82. The van der Waals surface area contributed by atoms with Crippen LogP contribution in [0.25, 0.3) is 0 Å². The zero-order valence-corrected chi connectivity index (χ0v) is 14.0. The van der Waals surface area contributed by atoms with Gasteiger partial charge in [-0.1, -0.05) is 18.3 Å². The minimum absolute atomic E-state index is 0.439. The first kappa shape index (κ1) is 14.5. The lowest BCUT2D eigenvalue weighted by Gasteiger charge is -2.22. The third-order valence-corrected chi connectivity index (χ3v) is 4.75. The molecule has 0 amide bonds. The van der Waals surface area contributed by atoms with Gasteiger partial charge in [0, 0.05) is 33.0 Å². The van der Waals surface area contributed by atoms with E-state index in [1.165, 1.54) is 10.4 Å². The Labute approximate surface area is 131 Å². The first-order valence-corrected chi connectivity index (χ1v) is 7.90. The van der Waals surface area contributed by atoms with E-state index in [4.69, 9.17) is 18.0 Å². The Bertz CT molecular complexity index is 607. The molecule has 0 bridgehead atoms. The van der Waals surface area contributed by atoms with Gasteiger partial charge in [0.1, 0.15) is 4.99 Å². The van der Waals surface area contributed by atoms with E-state index in [2.05, 4.69) is 52.3 Å². The molecule has 0 atom stereocenters. The molecule has 19 heavy (non-hydrogen) atoms. The molecular weight excluding hydrogens is 340 g/mol.